The first kappa shape index (κ1) is 12.8. The van der Waals surface area contributed by atoms with Crippen molar-refractivity contribution in [2.75, 3.05) is 13.4 Å². The summed E-state index contributed by atoms with van der Waals surface area (Å²) < 4.78 is 16.6. The Hall–Kier alpha value is -1.26. The van der Waals surface area contributed by atoms with Gasteiger partial charge in [-0.05, 0) is 37.0 Å². The Balaban J connectivity index is 1.49. The smallest absolute Gasteiger partial charge is 0.231 e. The van der Waals surface area contributed by atoms with Crippen LogP contribution in [0.25, 0.3) is 0 Å². The topological polar surface area (TPSA) is 53.7 Å². The number of benzene rings is 1. The van der Waals surface area contributed by atoms with Crippen molar-refractivity contribution in [1.82, 2.24) is 0 Å². The highest BCUT2D eigenvalue weighted by Crippen LogP contribution is 2.32. The van der Waals surface area contributed by atoms with Crippen molar-refractivity contribution in [2.45, 2.75) is 44.2 Å². The van der Waals surface area contributed by atoms with Gasteiger partial charge in [-0.25, -0.2) is 0 Å². The van der Waals surface area contributed by atoms with Crippen LogP contribution in [0.1, 0.15) is 31.2 Å². The normalized spacial score (nSPS) is 25.5. The molecule has 19 heavy (non-hydrogen) atoms. The van der Waals surface area contributed by atoms with Gasteiger partial charge in [0.15, 0.2) is 11.5 Å². The van der Waals surface area contributed by atoms with E-state index in [1.165, 1.54) is 18.4 Å². The van der Waals surface area contributed by atoms with E-state index in [0.717, 1.165) is 37.4 Å². The number of fused-ring (bicyclic) bond motifs is 1. The van der Waals surface area contributed by atoms with Crippen molar-refractivity contribution in [2.24, 2.45) is 5.73 Å². The average molecular weight is 263 g/mol. The number of ether oxygens (including phenoxy) is 3. The minimum Gasteiger partial charge on any atom is -0.454 e. The molecule has 0 unspecified atom stereocenters. The molecule has 1 saturated carbocycles. The SMILES string of the molecule is N[C@@H]1CCCC[C@H]1OCCc1ccc2c(c1)OCO2. The number of hydrogen-bond donors (Lipinski definition) is 1. The highest BCUT2D eigenvalue weighted by Gasteiger charge is 2.22. The van der Waals surface area contributed by atoms with Crippen molar-refractivity contribution >= 4 is 0 Å². The van der Waals surface area contributed by atoms with Gasteiger partial charge in [0.05, 0.1) is 12.7 Å². The minimum atomic E-state index is 0.213. The summed E-state index contributed by atoms with van der Waals surface area (Å²) in [6.45, 7) is 1.05. The van der Waals surface area contributed by atoms with E-state index in [2.05, 4.69) is 6.07 Å². The molecular formula is C15H21NO3. The van der Waals surface area contributed by atoms with Gasteiger partial charge in [-0.2, -0.15) is 0 Å². The lowest BCUT2D eigenvalue weighted by molar-refractivity contribution is 0.0168. The predicted octanol–water partition coefficient (Wildman–Crippen LogP) is 2.24. The summed E-state index contributed by atoms with van der Waals surface area (Å²) in [5, 5.41) is 0. The zero-order valence-corrected chi connectivity index (χ0v) is 11.1. The molecule has 1 aliphatic heterocycles. The second-order valence-electron chi connectivity index (χ2n) is 5.30. The summed E-state index contributed by atoms with van der Waals surface area (Å²) in [6.07, 6.45) is 5.80. The molecule has 3 rings (SSSR count). The first-order valence-corrected chi connectivity index (χ1v) is 7.08. The molecule has 1 aromatic rings. The monoisotopic (exact) mass is 263 g/mol. The molecule has 1 aromatic carbocycles. The maximum atomic E-state index is 6.07. The Labute approximate surface area is 113 Å². The lowest BCUT2D eigenvalue weighted by atomic mass is 9.93. The Kier molecular flexibility index (Phi) is 3.89. The largest absolute Gasteiger partial charge is 0.454 e. The molecule has 1 aliphatic carbocycles. The minimum absolute atomic E-state index is 0.213. The molecule has 0 bridgehead atoms. The van der Waals surface area contributed by atoms with Crippen LogP contribution in [0.5, 0.6) is 11.5 Å². The van der Waals surface area contributed by atoms with Gasteiger partial charge in [0, 0.05) is 6.04 Å². The molecule has 0 spiro atoms. The standard InChI is InChI=1S/C15H21NO3/c16-12-3-1-2-4-13(12)17-8-7-11-5-6-14-15(9-11)19-10-18-14/h5-6,9,12-13H,1-4,7-8,10,16H2/t12-,13-/m1/s1. The Bertz CT molecular complexity index is 435. The Morgan fingerprint density at radius 1 is 1.16 bits per heavy atom. The van der Waals surface area contributed by atoms with Crippen molar-refractivity contribution in [3.63, 3.8) is 0 Å². The van der Waals surface area contributed by atoms with Crippen LogP contribution < -0.4 is 15.2 Å². The van der Waals surface area contributed by atoms with Crippen LogP contribution in [0.3, 0.4) is 0 Å². The molecule has 2 atom stereocenters. The maximum absolute atomic E-state index is 6.07. The molecule has 2 N–H and O–H groups in total. The van der Waals surface area contributed by atoms with E-state index in [4.69, 9.17) is 19.9 Å². The maximum Gasteiger partial charge on any atom is 0.231 e. The fourth-order valence-electron chi connectivity index (χ4n) is 2.76. The molecule has 1 fully saturated rings. The van der Waals surface area contributed by atoms with Crippen molar-refractivity contribution in [3.8, 4) is 11.5 Å². The average Bonchev–Trinajstić information content (AvgIpc) is 2.88. The zero-order chi connectivity index (χ0) is 13.1. The van der Waals surface area contributed by atoms with E-state index in [1.54, 1.807) is 0 Å². The first-order valence-electron chi connectivity index (χ1n) is 7.08. The fourth-order valence-corrected chi connectivity index (χ4v) is 2.76. The van der Waals surface area contributed by atoms with E-state index in [0.29, 0.717) is 6.79 Å². The number of nitrogens with two attached hydrogens (primary N) is 1. The lowest BCUT2D eigenvalue weighted by Crippen LogP contribution is -2.39. The van der Waals surface area contributed by atoms with Gasteiger partial charge >= 0.3 is 0 Å². The van der Waals surface area contributed by atoms with E-state index in [9.17, 15) is 0 Å². The fraction of sp³-hybridized carbons (Fsp3) is 0.600. The van der Waals surface area contributed by atoms with Gasteiger partial charge < -0.3 is 19.9 Å². The van der Waals surface area contributed by atoms with Crippen LogP contribution in [0.15, 0.2) is 18.2 Å². The third-order valence-electron chi connectivity index (χ3n) is 3.91. The third kappa shape index (κ3) is 3.01. The summed E-state index contributed by atoms with van der Waals surface area (Å²) in [5.41, 5.74) is 7.29. The molecule has 1 heterocycles. The van der Waals surface area contributed by atoms with Gasteiger partial charge in [-0.3, -0.25) is 0 Å². The van der Waals surface area contributed by atoms with Crippen molar-refractivity contribution in [1.29, 1.82) is 0 Å². The molecule has 0 saturated heterocycles. The molecule has 4 heteroatoms. The van der Waals surface area contributed by atoms with Crippen LogP contribution in [0.2, 0.25) is 0 Å². The molecule has 104 valence electrons. The van der Waals surface area contributed by atoms with Crippen LogP contribution in [0.4, 0.5) is 0 Å². The van der Waals surface area contributed by atoms with Crippen molar-refractivity contribution in [3.05, 3.63) is 23.8 Å². The molecule has 0 aromatic heterocycles. The van der Waals surface area contributed by atoms with Gasteiger partial charge in [0.1, 0.15) is 0 Å². The second kappa shape index (κ2) is 5.80. The van der Waals surface area contributed by atoms with E-state index in [-0.39, 0.29) is 12.1 Å². The molecule has 0 radical (unpaired) electrons. The quantitative estimate of drug-likeness (QED) is 0.905. The van der Waals surface area contributed by atoms with E-state index in [1.807, 2.05) is 12.1 Å². The van der Waals surface area contributed by atoms with Gasteiger partial charge in [0.25, 0.3) is 0 Å². The molecule has 2 aliphatic rings. The first-order chi connectivity index (χ1) is 9.33. The van der Waals surface area contributed by atoms with Gasteiger partial charge in [0.2, 0.25) is 6.79 Å². The van der Waals surface area contributed by atoms with E-state index >= 15 is 0 Å². The summed E-state index contributed by atoms with van der Waals surface area (Å²) in [4.78, 5) is 0. The molecule has 0 amide bonds. The second-order valence-corrected chi connectivity index (χ2v) is 5.30. The highest BCUT2D eigenvalue weighted by atomic mass is 16.7. The van der Waals surface area contributed by atoms with Crippen LogP contribution in [-0.2, 0) is 11.2 Å². The summed E-state index contributed by atoms with van der Waals surface area (Å²) in [5.74, 6) is 1.67. The summed E-state index contributed by atoms with van der Waals surface area (Å²) in [6, 6.07) is 6.28. The van der Waals surface area contributed by atoms with Crippen LogP contribution in [0, 0.1) is 0 Å². The van der Waals surface area contributed by atoms with E-state index < -0.39 is 0 Å². The van der Waals surface area contributed by atoms with Gasteiger partial charge in [-0.15, -0.1) is 0 Å². The Morgan fingerprint density at radius 2 is 2.00 bits per heavy atom. The molecular weight excluding hydrogens is 242 g/mol. The zero-order valence-electron chi connectivity index (χ0n) is 11.1. The summed E-state index contributed by atoms with van der Waals surface area (Å²) in [7, 11) is 0. The molecule has 4 nitrogen and oxygen atoms in total. The number of hydrogen-bond acceptors (Lipinski definition) is 4. The van der Waals surface area contributed by atoms with Crippen LogP contribution >= 0.6 is 0 Å². The third-order valence-corrected chi connectivity index (χ3v) is 3.91. The van der Waals surface area contributed by atoms with Gasteiger partial charge in [-0.1, -0.05) is 18.9 Å². The highest BCUT2D eigenvalue weighted by molar-refractivity contribution is 5.44. The van der Waals surface area contributed by atoms with Crippen LogP contribution in [-0.4, -0.2) is 25.5 Å². The number of rotatable bonds is 4. The van der Waals surface area contributed by atoms with Crippen molar-refractivity contribution < 1.29 is 14.2 Å². The Morgan fingerprint density at radius 3 is 2.89 bits per heavy atom. The lowest BCUT2D eigenvalue weighted by Gasteiger charge is -2.28. The summed E-state index contributed by atoms with van der Waals surface area (Å²) >= 11 is 0. The predicted molar refractivity (Wildman–Crippen MR) is 72.5 cm³/mol.